The molecule has 0 spiro atoms. The van der Waals surface area contributed by atoms with Crippen molar-refractivity contribution in [2.24, 2.45) is 0 Å². The maximum absolute atomic E-state index is 11.7. The Morgan fingerprint density at radius 2 is 0.544 bits per heavy atom. The van der Waals surface area contributed by atoms with Gasteiger partial charge in [-0.25, -0.2) is 0 Å². The zero-order chi connectivity index (χ0) is 48.1. The summed E-state index contributed by atoms with van der Waals surface area (Å²) in [5.74, 6) is 0. The minimum atomic E-state index is 0.0394. The standard InChI is InChI=1S/C65H64N2O/c1-62(2,3)48-21-29-58-54(36-48)55-37-49(63(4,5)6)22-30-59(55)66(58)52-25-17-43(18-26-52)46-33-45(42-15-13-41(40-68)14-16-42)34-47(35-46)44-19-27-53(28-20-44)67-60-31-23-50(64(7,8)9)38-56(60)57-39-51(65(10,11)12)24-32-61(57)67/h13-40H,1-12H3. The van der Waals surface area contributed by atoms with E-state index < -0.39 is 0 Å². The van der Waals surface area contributed by atoms with E-state index in [-0.39, 0.29) is 21.7 Å². The molecule has 0 saturated heterocycles. The van der Waals surface area contributed by atoms with Crippen molar-refractivity contribution in [2.45, 2.75) is 105 Å². The number of nitrogens with zero attached hydrogens (tertiary/aromatic N) is 2. The smallest absolute Gasteiger partial charge is 0.150 e. The largest absolute Gasteiger partial charge is 0.309 e. The molecule has 340 valence electrons. The molecule has 0 unspecified atom stereocenters. The van der Waals surface area contributed by atoms with E-state index >= 15 is 0 Å². The third-order valence-corrected chi connectivity index (χ3v) is 14.2. The Bertz CT molecular complexity index is 3210. The van der Waals surface area contributed by atoms with E-state index in [0.29, 0.717) is 5.56 Å². The lowest BCUT2D eigenvalue weighted by atomic mass is 9.85. The van der Waals surface area contributed by atoms with Crippen LogP contribution >= 0.6 is 0 Å². The number of hydrogen-bond acceptors (Lipinski definition) is 1. The summed E-state index contributed by atoms with van der Waals surface area (Å²) in [6, 6.07) is 61.0. The van der Waals surface area contributed by atoms with E-state index in [1.54, 1.807) is 0 Å². The molecule has 0 radical (unpaired) electrons. The average molecular weight is 889 g/mol. The van der Waals surface area contributed by atoms with Crippen LogP contribution in [0.3, 0.4) is 0 Å². The molecule has 2 aromatic heterocycles. The summed E-state index contributed by atoms with van der Waals surface area (Å²) in [7, 11) is 0. The van der Waals surface area contributed by atoms with Crippen molar-refractivity contribution in [3.8, 4) is 44.8 Å². The van der Waals surface area contributed by atoms with E-state index in [0.717, 1.165) is 51.0 Å². The summed E-state index contributed by atoms with van der Waals surface area (Å²) in [6.07, 6.45) is 0.906. The third kappa shape index (κ3) is 8.06. The number of carbonyl (C=O) groups is 1. The zero-order valence-electron chi connectivity index (χ0n) is 42.0. The molecule has 0 aliphatic rings. The molecule has 10 rings (SSSR count). The highest BCUT2D eigenvalue weighted by atomic mass is 16.1. The number of fused-ring (bicyclic) bond motifs is 6. The lowest BCUT2D eigenvalue weighted by Crippen LogP contribution is -2.10. The highest BCUT2D eigenvalue weighted by molar-refractivity contribution is 6.11. The van der Waals surface area contributed by atoms with Crippen LogP contribution in [0.4, 0.5) is 0 Å². The first-order valence-electron chi connectivity index (χ1n) is 24.3. The molecule has 8 aromatic carbocycles. The van der Waals surface area contributed by atoms with Crippen LogP contribution in [0.15, 0.2) is 164 Å². The number of hydrogen-bond donors (Lipinski definition) is 0. The van der Waals surface area contributed by atoms with Gasteiger partial charge < -0.3 is 9.13 Å². The van der Waals surface area contributed by atoms with Crippen molar-refractivity contribution in [3.63, 3.8) is 0 Å². The topological polar surface area (TPSA) is 26.9 Å². The minimum Gasteiger partial charge on any atom is -0.309 e. The van der Waals surface area contributed by atoms with Crippen molar-refractivity contribution >= 4 is 49.9 Å². The average Bonchev–Trinajstić information content (AvgIpc) is 3.82. The molecule has 0 aliphatic carbocycles. The molecular formula is C65H64N2O. The summed E-state index contributed by atoms with van der Waals surface area (Å²) >= 11 is 0. The molecule has 2 heterocycles. The van der Waals surface area contributed by atoms with Gasteiger partial charge in [-0.3, -0.25) is 4.79 Å². The van der Waals surface area contributed by atoms with Gasteiger partial charge in [-0.15, -0.1) is 0 Å². The summed E-state index contributed by atoms with van der Waals surface area (Å²) in [5.41, 5.74) is 20.0. The summed E-state index contributed by atoms with van der Waals surface area (Å²) in [4.78, 5) is 11.7. The Morgan fingerprint density at radius 3 is 0.779 bits per heavy atom. The Balaban J connectivity index is 1.08. The SMILES string of the molecule is CC(C)(C)c1ccc2c(c1)c1cc(C(C)(C)C)ccc1n2-c1ccc(-c2cc(-c3ccc(C=O)cc3)cc(-c3ccc(-n4c5ccc(C(C)(C)C)cc5c5cc(C(C)(C)C)ccc54)cc3)c2)cc1. The van der Waals surface area contributed by atoms with Crippen molar-refractivity contribution in [1.29, 1.82) is 0 Å². The zero-order valence-corrected chi connectivity index (χ0v) is 42.0. The Kier molecular flexibility index (Phi) is 10.6. The second-order valence-corrected chi connectivity index (χ2v) is 23.2. The van der Waals surface area contributed by atoms with Gasteiger partial charge in [0.25, 0.3) is 0 Å². The molecule has 0 amide bonds. The van der Waals surface area contributed by atoms with Crippen LogP contribution in [0.2, 0.25) is 0 Å². The Labute approximate surface area is 403 Å². The highest BCUT2D eigenvalue weighted by Crippen LogP contribution is 2.41. The van der Waals surface area contributed by atoms with Gasteiger partial charge in [0.05, 0.1) is 22.1 Å². The summed E-state index contributed by atoms with van der Waals surface area (Å²) in [5, 5.41) is 5.14. The van der Waals surface area contributed by atoms with Gasteiger partial charge in [0.15, 0.2) is 0 Å². The van der Waals surface area contributed by atoms with Gasteiger partial charge in [-0.1, -0.05) is 156 Å². The maximum atomic E-state index is 11.7. The number of aromatic nitrogens is 2. The quantitative estimate of drug-likeness (QED) is 0.153. The van der Waals surface area contributed by atoms with Crippen LogP contribution in [0.5, 0.6) is 0 Å². The van der Waals surface area contributed by atoms with Crippen molar-refractivity contribution in [3.05, 3.63) is 192 Å². The van der Waals surface area contributed by atoms with Gasteiger partial charge in [0.2, 0.25) is 0 Å². The van der Waals surface area contributed by atoms with E-state index in [1.807, 2.05) is 12.1 Å². The monoisotopic (exact) mass is 889 g/mol. The molecule has 3 nitrogen and oxygen atoms in total. The van der Waals surface area contributed by atoms with Crippen LogP contribution in [0.1, 0.15) is 116 Å². The molecule has 0 fully saturated rings. The van der Waals surface area contributed by atoms with Gasteiger partial charge in [-0.05, 0) is 168 Å². The van der Waals surface area contributed by atoms with Crippen LogP contribution in [-0.4, -0.2) is 15.4 Å². The van der Waals surface area contributed by atoms with Crippen molar-refractivity contribution in [1.82, 2.24) is 9.13 Å². The first-order chi connectivity index (χ1) is 32.2. The fourth-order valence-corrected chi connectivity index (χ4v) is 9.96. The number of rotatable bonds is 6. The predicted molar refractivity (Wildman–Crippen MR) is 292 cm³/mol. The molecule has 10 aromatic rings. The molecule has 0 aliphatic heterocycles. The number of carbonyl (C=O) groups excluding carboxylic acids is 1. The first-order valence-corrected chi connectivity index (χ1v) is 24.3. The molecule has 0 N–H and O–H groups in total. The Hall–Kier alpha value is -6.97. The van der Waals surface area contributed by atoms with Crippen LogP contribution < -0.4 is 0 Å². The molecule has 0 atom stereocenters. The summed E-state index contributed by atoms with van der Waals surface area (Å²) in [6.45, 7) is 27.5. The predicted octanol–water partition coefficient (Wildman–Crippen LogP) is 17.9. The van der Waals surface area contributed by atoms with E-state index in [1.165, 1.54) is 65.9 Å². The second kappa shape index (κ2) is 16.1. The molecule has 0 bridgehead atoms. The molecule has 0 saturated carbocycles. The Morgan fingerprint density at radius 1 is 0.294 bits per heavy atom. The van der Waals surface area contributed by atoms with Gasteiger partial charge in [0, 0.05) is 38.5 Å². The van der Waals surface area contributed by atoms with E-state index in [2.05, 4.69) is 244 Å². The lowest BCUT2D eigenvalue weighted by Gasteiger charge is -2.19. The fourth-order valence-electron chi connectivity index (χ4n) is 9.96. The second-order valence-electron chi connectivity index (χ2n) is 23.2. The summed E-state index contributed by atoms with van der Waals surface area (Å²) < 4.78 is 4.85. The fraction of sp³-hybridized carbons (Fsp3) is 0.246. The van der Waals surface area contributed by atoms with Gasteiger partial charge in [0.1, 0.15) is 6.29 Å². The van der Waals surface area contributed by atoms with Crippen LogP contribution in [0, 0.1) is 0 Å². The van der Waals surface area contributed by atoms with Crippen molar-refractivity contribution < 1.29 is 4.79 Å². The van der Waals surface area contributed by atoms with Crippen molar-refractivity contribution in [2.75, 3.05) is 0 Å². The highest BCUT2D eigenvalue weighted by Gasteiger charge is 2.23. The lowest BCUT2D eigenvalue weighted by molar-refractivity contribution is 0.112. The molecular weight excluding hydrogens is 825 g/mol. The minimum absolute atomic E-state index is 0.0394. The van der Waals surface area contributed by atoms with Gasteiger partial charge in [-0.2, -0.15) is 0 Å². The third-order valence-electron chi connectivity index (χ3n) is 14.2. The molecule has 68 heavy (non-hydrogen) atoms. The first kappa shape index (κ1) is 44.8. The van der Waals surface area contributed by atoms with E-state index in [4.69, 9.17) is 0 Å². The van der Waals surface area contributed by atoms with Crippen LogP contribution in [-0.2, 0) is 21.7 Å². The number of benzene rings is 8. The van der Waals surface area contributed by atoms with E-state index in [9.17, 15) is 4.79 Å². The maximum Gasteiger partial charge on any atom is 0.150 e. The normalized spacial score (nSPS) is 12.8. The van der Waals surface area contributed by atoms with Gasteiger partial charge >= 0.3 is 0 Å². The van der Waals surface area contributed by atoms with Crippen LogP contribution in [0.25, 0.3) is 88.4 Å². The number of aldehydes is 1. The molecule has 3 heteroatoms.